The SMILES string of the molecule is C=CC(=O)OCCn1c(=O)n(CCOC(=O)C=C)c(=O)n(CCOC(=O)CCSCCC[Si](C)(OC)OC)c1=O. The van der Waals surface area contributed by atoms with Crippen LogP contribution < -0.4 is 17.1 Å². The average Bonchev–Trinajstić information content (AvgIpc) is 2.95. The minimum atomic E-state index is -2.11. The van der Waals surface area contributed by atoms with Gasteiger partial charge in [-0.3, -0.25) is 4.79 Å². The van der Waals surface area contributed by atoms with Gasteiger partial charge in [0.25, 0.3) is 0 Å². The van der Waals surface area contributed by atoms with Crippen molar-refractivity contribution in [1.29, 1.82) is 0 Å². The van der Waals surface area contributed by atoms with Crippen LogP contribution in [0.25, 0.3) is 0 Å². The smallest absolute Gasteiger partial charge is 0.336 e. The minimum Gasteiger partial charge on any atom is -0.464 e. The fourth-order valence-corrected chi connectivity index (χ4v) is 5.73. The van der Waals surface area contributed by atoms with Crippen molar-refractivity contribution in [2.45, 2.75) is 45.1 Å². The Morgan fingerprint density at radius 3 is 1.60 bits per heavy atom. The van der Waals surface area contributed by atoms with Gasteiger partial charge in [-0.25, -0.2) is 37.7 Å². The lowest BCUT2D eigenvalue weighted by Gasteiger charge is -2.22. The van der Waals surface area contributed by atoms with E-state index in [1.165, 1.54) is 0 Å². The van der Waals surface area contributed by atoms with Crippen LogP contribution in [0.2, 0.25) is 12.6 Å². The Bertz CT molecular complexity index is 1140. The molecule has 16 heteroatoms. The van der Waals surface area contributed by atoms with Crippen LogP contribution in [0, 0.1) is 0 Å². The standard InChI is InChI=1S/C24H37N3O11SSi/c1-6-19(28)36-13-10-25-22(31)26(11-14-37-20(29)7-2)24(33)27(23(25)32)12-15-38-21(30)9-17-39-16-8-18-40(5,34-3)35-4/h6-7H,1-2,8-18H2,3-5H3. The molecule has 14 nitrogen and oxygen atoms in total. The van der Waals surface area contributed by atoms with Gasteiger partial charge in [0, 0.05) is 32.1 Å². The molecule has 224 valence electrons. The van der Waals surface area contributed by atoms with Crippen LogP contribution in [-0.4, -0.2) is 85.7 Å². The van der Waals surface area contributed by atoms with Crippen molar-refractivity contribution in [2.24, 2.45) is 0 Å². The van der Waals surface area contributed by atoms with Gasteiger partial charge >= 0.3 is 43.5 Å². The molecule has 0 atom stereocenters. The Morgan fingerprint density at radius 1 is 0.775 bits per heavy atom. The van der Waals surface area contributed by atoms with E-state index in [2.05, 4.69) is 13.2 Å². The van der Waals surface area contributed by atoms with Crippen LogP contribution >= 0.6 is 11.8 Å². The van der Waals surface area contributed by atoms with E-state index in [1.54, 1.807) is 26.0 Å². The number of esters is 3. The summed E-state index contributed by atoms with van der Waals surface area (Å²) in [5.74, 6) is -0.665. The second kappa shape index (κ2) is 18.2. The first-order chi connectivity index (χ1) is 19.0. The van der Waals surface area contributed by atoms with E-state index in [9.17, 15) is 28.8 Å². The summed E-state index contributed by atoms with van der Waals surface area (Å²) in [7, 11) is 1.16. The Kier molecular flexibility index (Phi) is 15.8. The van der Waals surface area contributed by atoms with E-state index < -0.39 is 43.5 Å². The normalized spacial score (nSPS) is 11.1. The number of hydrogen-bond donors (Lipinski definition) is 0. The highest BCUT2D eigenvalue weighted by Crippen LogP contribution is 2.16. The van der Waals surface area contributed by atoms with E-state index in [0.717, 1.165) is 34.9 Å². The molecule has 0 radical (unpaired) electrons. The van der Waals surface area contributed by atoms with Crippen molar-refractivity contribution < 1.29 is 37.4 Å². The number of carbonyl (C=O) groups excluding carboxylic acids is 3. The molecule has 0 unspecified atom stereocenters. The highest BCUT2D eigenvalue weighted by Gasteiger charge is 2.27. The quantitative estimate of drug-likeness (QED) is 0.0648. The number of ether oxygens (including phenoxy) is 3. The zero-order valence-electron chi connectivity index (χ0n) is 23.1. The minimum absolute atomic E-state index is 0.135. The van der Waals surface area contributed by atoms with E-state index in [0.29, 0.717) is 14.9 Å². The van der Waals surface area contributed by atoms with Crippen molar-refractivity contribution >= 4 is 38.2 Å². The van der Waals surface area contributed by atoms with E-state index in [4.69, 9.17) is 23.1 Å². The molecular formula is C24H37N3O11SSi. The second-order valence-corrected chi connectivity index (χ2v) is 13.1. The highest BCUT2D eigenvalue weighted by atomic mass is 32.2. The van der Waals surface area contributed by atoms with Crippen LogP contribution in [0.15, 0.2) is 39.7 Å². The summed E-state index contributed by atoms with van der Waals surface area (Å²) in [5, 5.41) is 0. The average molecular weight is 604 g/mol. The van der Waals surface area contributed by atoms with Gasteiger partial charge in [0.1, 0.15) is 19.8 Å². The fourth-order valence-electron chi connectivity index (χ4n) is 3.21. The number of hydrogen-bond acceptors (Lipinski definition) is 12. The predicted molar refractivity (Wildman–Crippen MR) is 149 cm³/mol. The summed E-state index contributed by atoms with van der Waals surface area (Å²) < 4.78 is 27.8. The molecular weight excluding hydrogens is 566 g/mol. The lowest BCUT2D eigenvalue weighted by atomic mass is 10.5. The van der Waals surface area contributed by atoms with E-state index in [1.807, 2.05) is 6.55 Å². The van der Waals surface area contributed by atoms with Crippen LogP contribution in [-0.2, 0) is 57.1 Å². The number of aromatic nitrogens is 3. The maximum absolute atomic E-state index is 12.9. The third-order valence-electron chi connectivity index (χ3n) is 5.65. The number of thioether (sulfide) groups is 1. The summed E-state index contributed by atoms with van der Waals surface area (Å²) in [6, 6.07) is 0.833. The van der Waals surface area contributed by atoms with Crippen molar-refractivity contribution in [1.82, 2.24) is 13.7 Å². The molecule has 1 aromatic rings. The lowest BCUT2D eigenvalue weighted by molar-refractivity contribution is -0.143. The number of nitrogens with zero attached hydrogens (tertiary/aromatic N) is 3. The first-order valence-corrected chi connectivity index (χ1v) is 16.1. The molecule has 0 aliphatic rings. The maximum atomic E-state index is 12.9. The summed E-state index contributed by atoms with van der Waals surface area (Å²) in [6.07, 6.45) is 2.86. The molecule has 0 aliphatic carbocycles. The Labute approximate surface area is 236 Å². The molecule has 0 saturated carbocycles. The topological polar surface area (TPSA) is 163 Å². The first kappa shape index (κ1) is 34.8. The molecule has 40 heavy (non-hydrogen) atoms. The molecule has 0 N–H and O–H groups in total. The monoisotopic (exact) mass is 603 g/mol. The molecule has 0 amide bonds. The zero-order valence-corrected chi connectivity index (χ0v) is 24.9. The Balaban J connectivity index is 2.81. The highest BCUT2D eigenvalue weighted by molar-refractivity contribution is 7.99. The van der Waals surface area contributed by atoms with Crippen LogP contribution in [0.3, 0.4) is 0 Å². The van der Waals surface area contributed by atoms with Crippen LogP contribution in [0.4, 0.5) is 0 Å². The predicted octanol–water partition coefficient (Wildman–Crippen LogP) is 0.0515. The van der Waals surface area contributed by atoms with Gasteiger partial charge < -0.3 is 23.1 Å². The van der Waals surface area contributed by atoms with Gasteiger partial charge in [-0.05, 0) is 24.8 Å². The Hall–Kier alpha value is -3.21. The van der Waals surface area contributed by atoms with Crippen molar-refractivity contribution in [3.8, 4) is 0 Å². The Morgan fingerprint density at radius 2 is 1.20 bits per heavy atom. The zero-order chi connectivity index (χ0) is 30.1. The van der Waals surface area contributed by atoms with E-state index in [-0.39, 0.29) is 45.9 Å². The molecule has 0 fully saturated rings. The fraction of sp³-hybridized carbons (Fsp3) is 0.583. The molecule has 1 rings (SSSR count). The van der Waals surface area contributed by atoms with Gasteiger partial charge in [0.2, 0.25) is 0 Å². The van der Waals surface area contributed by atoms with Crippen LogP contribution in [0.1, 0.15) is 12.8 Å². The maximum Gasteiger partial charge on any atom is 0.336 e. The molecule has 1 aromatic heterocycles. The summed E-state index contributed by atoms with van der Waals surface area (Å²) in [6.45, 7) is 6.50. The van der Waals surface area contributed by atoms with Gasteiger partial charge in [-0.2, -0.15) is 11.8 Å². The largest absolute Gasteiger partial charge is 0.464 e. The van der Waals surface area contributed by atoms with Crippen molar-refractivity contribution in [3.63, 3.8) is 0 Å². The van der Waals surface area contributed by atoms with Gasteiger partial charge in [-0.15, -0.1) is 0 Å². The summed E-state index contributed by atoms with van der Waals surface area (Å²) in [5.41, 5.74) is -2.93. The second-order valence-electron chi connectivity index (χ2n) is 8.27. The molecule has 0 spiro atoms. The van der Waals surface area contributed by atoms with E-state index >= 15 is 0 Å². The first-order valence-electron chi connectivity index (χ1n) is 12.4. The molecule has 0 bridgehead atoms. The van der Waals surface area contributed by atoms with Gasteiger partial charge in [0.15, 0.2) is 0 Å². The number of rotatable bonds is 20. The molecule has 0 aliphatic heterocycles. The third-order valence-corrected chi connectivity index (χ3v) is 9.71. The lowest BCUT2D eigenvalue weighted by Crippen LogP contribution is -2.55. The third kappa shape index (κ3) is 11.5. The van der Waals surface area contributed by atoms with Gasteiger partial charge in [-0.1, -0.05) is 13.2 Å². The number of carbonyl (C=O) groups is 3. The summed E-state index contributed by atoms with van der Waals surface area (Å²) in [4.78, 5) is 73.3. The van der Waals surface area contributed by atoms with Crippen LogP contribution in [0.5, 0.6) is 0 Å². The van der Waals surface area contributed by atoms with Gasteiger partial charge in [0.05, 0.1) is 26.1 Å². The van der Waals surface area contributed by atoms with Crippen molar-refractivity contribution in [2.75, 3.05) is 45.5 Å². The molecule has 1 heterocycles. The molecule has 0 aromatic carbocycles. The van der Waals surface area contributed by atoms with Crippen molar-refractivity contribution in [3.05, 3.63) is 56.8 Å². The summed E-state index contributed by atoms with van der Waals surface area (Å²) >= 11 is 1.59. The molecule has 0 saturated heterocycles.